The van der Waals surface area contributed by atoms with E-state index in [2.05, 4.69) is 28.8 Å². The highest BCUT2D eigenvalue weighted by Crippen LogP contribution is 2.07. The second kappa shape index (κ2) is 5.25. The van der Waals surface area contributed by atoms with Gasteiger partial charge in [0.2, 0.25) is 10.0 Å². The Bertz CT molecular complexity index is 292. The van der Waals surface area contributed by atoms with Crippen LogP contribution in [0.3, 0.4) is 0 Å². The first-order chi connectivity index (χ1) is 6.90. The van der Waals surface area contributed by atoms with E-state index >= 15 is 0 Å². The highest BCUT2D eigenvalue weighted by atomic mass is 32.2. The van der Waals surface area contributed by atoms with Gasteiger partial charge >= 0.3 is 0 Å². The van der Waals surface area contributed by atoms with Gasteiger partial charge in [-0.15, -0.1) is 0 Å². The van der Waals surface area contributed by atoms with E-state index in [0.717, 1.165) is 19.6 Å². The third kappa shape index (κ3) is 4.46. The van der Waals surface area contributed by atoms with E-state index in [1.807, 2.05) is 0 Å². The number of hydrogen-bond donors (Lipinski definition) is 2. The van der Waals surface area contributed by atoms with E-state index in [9.17, 15) is 8.42 Å². The molecule has 6 heteroatoms. The van der Waals surface area contributed by atoms with E-state index in [0.29, 0.717) is 18.6 Å². The summed E-state index contributed by atoms with van der Waals surface area (Å²) in [5.74, 6) is 0. The summed E-state index contributed by atoms with van der Waals surface area (Å²) in [5, 5.41) is 3.39. The first-order valence-electron chi connectivity index (χ1n) is 5.32. The van der Waals surface area contributed by atoms with Crippen LogP contribution in [0.1, 0.15) is 13.8 Å². The largest absolute Gasteiger partial charge is 0.311 e. The van der Waals surface area contributed by atoms with Gasteiger partial charge in [-0.1, -0.05) is 0 Å². The Hall–Kier alpha value is -0.170. The molecule has 2 N–H and O–H groups in total. The second-order valence-electron chi connectivity index (χ2n) is 4.19. The average molecular weight is 235 g/mol. The fourth-order valence-corrected chi connectivity index (χ4v) is 2.28. The molecule has 2 unspecified atom stereocenters. The molecule has 0 saturated carbocycles. The van der Waals surface area contributed by atoms with Gasteiger partial charge in [0.15, 0.2) is 0 Å². The predicted molar refractivity (Wildman–Crippen MR) is 61.3 cm³/mol. The molecule has 1 aliphatic heterocycles. The van der Waals surface area contributed by atoms with Crippen molar-refractivity contribution in [3.8, 4) is 0 Å². The lowest BCUT2D eigenvalue weighted by Crippen LogP contribution is -2.56. The smallest absolute Gasteiger partial charge is 0.208 e. The number of nitrogens with one attached hydrogen (secondary N) is 2. The molecule has 0 bridgehead atoms. The lowest BCUT2D eigenvalue weighted by Gasteiger charge is -2.38. The van der Waals surface area contributed by atoms with Crippen LogP contribution in [-0.4, -0.2) is 57.8 Å². The van der Waals surface area contributed by atoms with E-state index in [4.69, 9.17) is 0 Å². The van der Waals surface area contributed by atoms with Crippen LogP contribution in [0.5, 0.6) is 0 Å². The maximum absolute atomic E-state index is 10.9. The van der Waals surface area contributed by atoms with Gasteiger partial charge in [-0.25, -0.2) is 13.1 Å². The highest BCUT2D eigenvalue weighted by Gasteiger charge is 2.23. The minimum Gasteiger partial charge on any atom is -0.311 e. The molecule has 0 aromatic heterocycles. The fraction of sp³-hybridized carbons (Fsp3) is 1.00. The Morgan fingerprint density at radius 2 is 2.13 bits per heavy atom. The third-order valence-electron chi connectivity index (χ3n) is 2.93. The SMILES string of the molecule is CC1NCCN(CCNS(C)(=O)=O)C1C. The molecule has 1 fully saturated rings. The summed E-state index contributed by atoms with van der Waals surface area (Å²) in [7, 11) is -3.05. The molecule has 0 aliphatic carbocycles. The lowest BCUT2D eigenvalue weighted by molar-refractivity contribution is 0.141. The van der Waals surface area contributed by atoms with Gasteiger partial charge in [0, 0.05) is 38.3 Å². The van der Waals surface area contributed by atoms with Crippen molar-refractivity contribution in [3.63, 3.8) is 0 Å². The average Bonchev–Trinajstić information content (AvgIpc) is 2.10. The minimum absolute atomic E-state index is 0.458. The van der Waals surface area contributed by atoms with E-state index in [1.54, 1.807) is 0 Å². The van der Waals surface area contributed by atoms with Crippen LogP contribution in [0.15, 0.2) is 0 Å². The van der Waals surface area contributed by atoms with Crippen LogP contribution in [0, 0.1) is 0 Å². The highest BCUT2D eigenvalue weighted by molar-refractivity contribution is 7.88. The summed E-state index contributed by atoms with van der Waals surface area (Å²) >= 11 is 0. The van der Waals surface area contributed by atoms with Crippen molar-refractivity contribution in [2.75, 3.05) is 32.4 Å². The number of rotatable bonds is 4. The van der Waals surface area contributed by atoms with Crippen molar-refractivity contribution >= 4 is 10.0 Å². The maximum Gasteiger partial charge on any atom is 0.208 e. The summed E-state index contributed by atoms with van der Waals surface area (Å²) in [4.78, 5) is 2.30. The molecule has 0 radical (unpaired) electrons. The third-order valence-corrected chi connectivity index (χ3v) is 3.66. The first kappa shape index (κ1) is 12.9. The van der Waals surface area contributed by atoms with Crippen molar-refractivity contribution in [2.24, 2.45) is 0 Å². The number of nitrogens with zero attached hydrogens (tertiary/aromatic N) is 1. The van der Waals surface area contributed by atoms with E-state index in [-0.39, 0.29) is 0 Å². The zero-order valence-electron chi connectivity index (χ0n) is 9.66. The summed E-state index contributed by atoms with van der Waals surface area (Å²) < 4.78 is 24.3. The summed E-state index contributed by atoms with van der Waals surface area (Å²) in [5.41, 5.74) is 0. The van der Waals surface area contributed by atoms with Crippen LogP contribution < -0.4 is 10.0 Å². The molecule has 1 heterocycles. The van der Waals surface area contributed by atoms with Gasteiger partial charge in [0.25, 0.3) is 0 Å². The Morgan fingerprint density at radius 3 is 2.73 bits per heavy atom. The van der Waals surface area contributed by atoms with Crippen LogP contribution in [0.2, 0.25) is 0 Å². The Balaban J connectivity index is 2.32. The number of sulfonamides is 1. The predicted octanol–water partition coefficient (Wildman–Crippen LogP) is -0.782. The van der Waals surface area contributed by atoms with Gasteiger partial charge < -0.3 is 5.32 Å². The van der Waals surface area contributed by atoms with Crippen LogP contribution in [0.25, 0.3) is 0 Å². The first-order valence-corrected chi connectivity index (χ1v) is 7.21. The Labute approximate surface area is 92.3 Å². The molecule has 0 amide bonds. The van der Waals surface area contributed by atoms with Crippen molar-refractivity contribution < 1.29 is 8.42 Å². The van der Waals surface area contributed by atoms with Gasteiger partial charge in [0.1, 0.15) is 0 Å². The zero-order valence-corrected chi connectivity index (χ0v) is 10.5. The van der Waals surface area contributed by atoms with Gasteiger partial charge in [-0.2, -0.15) is 0 Å². The standard InChI is InChI=1S/C9H21N3O2S/c1-8-9(2)12(6-4-10-8)7-5-11-15(3,13)14/h8-11H,4-7H2,1-3H3. The molecule has 90 valence electrons. The van der Waals surface area contributed by atoms with Crippen LogP contribution in [0.4, 0.5) is 0 Å². The zero-order chi connectivity index (χ0) is 11.5. The number of hydrogen-bond acceptors (Lipinski definition) is 4. The van der Waals surface area contributed by atoms with E-state index < -0.39 is 10.0 Å². The topological polar surface area (TPSA) is 61.4 Å². The molecule has 1 rings (SSSR count). The summed E-state index contributed by atoms with van der Waals surface area (Å²) in [6.07, 6.45) is 1.19. The molecule has 0 aromatic carbocycles. The van der Waals surface area contributed by atoms with E-state index in [1.165, 1.54) is 6.26 Å². The number of piperazine rings is 1. The maximum atomic E-state index is 10.9. The molecular weight excluding hydrogens is 214 g/mol. The molecule has 1 aliphatic rings. The molecule has 0 aromatic rings. The van der Waals surface area contributed by atoms with Crippen molar-refractivity contribution in [3.05, 3.63) is 0 Å². The van der Waals surface area contributed by atoms with Gasteiger partial charge in [0.05, 0.1) is 6.26 Å². The minimum atomic E-state index is -3.05. The Morgan fingerprint density at radius 1 is 1.47 bits per heavy atom. The quantitative estimate of drug-likeness (QED) is 0.671. The molecular formula is C9H21N3O2S. The van der Waals surface area contributed by atoms with Crippen LogP contribution >= 0.6 is 0 Å². The van der Waals surface area contributed by atoms with Crippen LogP contribution in [-0.2, 0) is 10.0 Å². The second-order valence-corrected chi connectivity index (χ2v) is 6.02. The molecule has 0 spiro atoms. The fourth-order valence-electron chi connectivity index (χ4n) is 1.82. The monoisotopic (exact) mass is 235 g/mol. The Kier molecular flexibility index (Phi) is 4.51. The van der Waals surface area contributed by atoms with Crippen molar-refractivity contribution in [1.82, 2.24) is 14.9 Å². The van der Waals surface area contributed by atoms with Gasteiger partial charge in [-0.05, 0) is 13.8 Å². The normalized spacial score (nSPS) is 29.3. The molecule has 5 nitrogen and oxygen atoms in total. The molecule has 2 atom stereocenters. The van der Waals surface area contributed by atoms with Crippen molar-refractivity contribution in [1.29, 1.82) is 0 Å². The van der Waals surface area contributed by atoms with Gasteiger partial charge in [-0.3, -0.25) is 4.90 Å². The molecule has 1 saturated heterocycles. The summed E-state index contributed by atoms with van der Waals surface area (Å²) in [6, 6.07) is 0.928. The summed E-state index contributed by atoms with van der Waals surface area (Å²) in [6.45, 7) is 7.55. The lowest BCUT2D eigenvalue weighted by atomic mass is 10.1. The molecule has 15 heavy (non-hydrogen) atoms. The van der Waals surface area contributed by atoms with Crippen molar-refractivity contribution in [2.45, 2.75) is 25.9 Å².